The van der Waals surface area contributed by atoms with Gasteiger partial charge in [0.15, 0.2) is 0 Å². The number of rotatable bonds is 2. The molecule has 0 bridgehead atoms. The predicted molar refractivity (Wildman–Crippen MR) is 73.3 cm³/mol. The van der Waals surface area contributed by atoms with Crippen LogP contribution in [0.2, 0.25) is 5.02 Å². The maximum atomic E-state index is 11.0. The Morgan fingerprint density at radius 3 is 2.06 bits per heavy atom. The minimum atomic E-state index is -0.969. The molecule has 18 heavy (non-hydrogen) atoms. The van der Waals surface area contributed by atoms with Crippen molar-refractivity contribution in [2.45, 2.75) is 13.8 Å². The number of carboxylic acid groups (broad SMARTS) is 1. The van der Waals surface area contributed by atoms with Crippen molar-refractivity contribution in [3.63, 3.8) is 0 Å². The smallest absolute Gasteiger partial charge is 0.335 e. The molecule has 0 heterocycles. The summed E-state index contributed by atoms with van der Waals surface area (Å²) in [6, 6.07) is 11.0. The van der Waals surface area contributed by atoms with E-state index in [4.69, 9.17) is 16.7 Å². The van der Waals surface area contributed by atoms with Crippen LogP contribution >= 0.6 is 11.6 Å². The van der Waals surface area contributed by atoms with E-state index in [-0.39, 0.29) is 5.56 Å². The fourth-order valence-electron chi connectivity index (χ4n) is 2.02. The van der Waals surface area contributed by atoms with Crippen LogP contribution in [0.3, 0.4) is 0 Å². The molecule has 0 atom stereocenters. The van der Waals surface area contributed by atoms with Gasteiger partial charge in [-0.3, -0.25) is 0 Å². The molecule has 0 aromatic heterocycles. The molecule has 0 spiro atoms. The van der Waals surface area contributed by atoms with Crippen LogP contribution in [0.4, 0.5) is 0 Å². The van der Waals surface area contributed by atoms with E-state index in [1.54, 1.807) is 12.1 Å². The molecule has 0 radical (unpaired) electrons. The van der Waals surface area contributed by atoms with Gasteiger partial charge in [0.1, 0.15) is 0 Å². The van der Waals surface area contributed by atoms with Crippen LogP contribution in [0.1, 0.15) is 21.5 Å². The number of benzene rings is 2. The molecular weight excluding hydrogens is 248 g/mol. The van der Waals surface area contributed by atoms with Crippen molar-refractivity contribution in [1.29, 1.82) is 0 Å². The molecule has 92 valence electrons. The zero-order valence-corrected chi connectivity index (χ0v) is 11.0. The Labute approximate surface area is 111 Å². The highest BCUT2D eigenvalue weighted by molar-refractivity contribution is 6.31. The molecule has 0 aliphatic carbocycles. The summed E-state index contributed by atoms with van der Waals surface area (Å²) in [6.45, 7) is 4.03. The molecule has 0 fully saturated rings. The van der Waals surface area contributed by atoms with Crippen molar-refractivity contribution in [3.05, 3.63) is 58.1 Å². The minimum Gasteiger partial charge on any atom is -0.478 e. The van der Waals surface area contributed by atoms with E-state index in [0.29, 0.717) is 5.02 Å². The van der Waals surface area contributed by atoms with Crippen LogP contribution in [0.25, 0.3) is 11.1 Å². The van der Waals surface area contributed by atoms with Crippen LogP contribution in [0, 0.1) is 13.8 Å². The zero-order valence-electron chi connectivity index (χ0n) is 10.2. The third kappa shape index (κ3) is 2.71. The second-order valence-corrected chi connectivity index (χ2v) is 4.85. The molecule has 0 amide bonds. The van der Waals surface area contributed by atoms with Gasteiger partial charge in [-0.1, -0.05) is 40.9 Å². The summed E-state index contributed by atoms with van der Waals surface area (Å²) in [5.74, 6) is -0.969. The lowest BCUT2D eigenvalue weighted by atomic mass is 9.99. The SMILES string of the molecule is Cc1cc(C)cc(-c2cc(Cl)cc(C(=O)O)c2)c1. The predicted octanol–water partition coefficient (Wildman–Crippen LogP) is 4.32. The molecule has 0 saturated carbocycles. The summed E-state index contributed by atoms with van der Waals surface area (Å²) in [5, 5.41) is 9.47. The summed E-state index contributed by atoms with van der Waals surface area (Å²) in [4.78, 5) is 11.0. The minimum absolute atomic E-state index is 0.205. The van der Waals surface area contributed by atoms with Crippen molar-refractivity contribution in [2.24, 2.45) is 0 Å². The Morgan fingerprint density at radius 1 is 0.944 bits per heavy atom. The Hall–Kier alpha value is -1.80. The highest BCUT2D eigenvalue weighted by atomic mass is 35.5. The van der Waals surface area contributed by atoms with Gasteiger partial charge in [-0.05, 0) is 43.2 Å². The Balaban J connectivity index is 2.59. The van der Waals surface area contributed by atoms with Crippen molar-refractivity contribution < 1.29 is 9.90 Å². The molecule has 0 aliphatic rings. The molecule has 0 unspecified atom stereocenters. The fraction of sp³-hybridized carbons (Fsp3) is 0.133. The average molecular weight is 261 g/mol. The first-order valence-corrected chi connectivity index (χ1v) is 5.96. The maximum Gasteiger partial charge on any atom is 0.335 e. The number of aromatic carboxylic acids is 1. The maximum absolute atomic E-state index is 11.0. The first-order chi connectivity index (χ1) is 8.45. The van der Waals surface area contributed by atoms with E-state index in [0.717, 1.165) is 22.3 Å². The number of halogens is 1. The summed E-state index contributed by atoms with van der Waals surface area (Å²) in [6.07, 6.45) is 0. The molecule has 0 saturated heterocycles. The van der Waals surface area contributed by atoms with Crippen LogP contribution in [0.5, 0.6) is 0 Å². The second-order valence-electron chi connectivity index (χ2n) is 4.41. The van der Waals surface area contributed by atoms with Crippen molar-refractivity contribution >= 4 is 17.6 Å². The van der Waals surface area contributed by atoms with Gasteiger partial charge in [0, 0.05) is 5.02 Å². The normalized spacial score (nSPS) is 10.4. The summed E-state index contributed by atoms with van der Waals surface area (Å²) in [7, 11) is 0. The molecule has 2 aromatic rings. The fourth-order valence-corrected chi connectivity index (χ4v) is 2.26. The summed E-state index contributed by atoms with van der Waals surface area (Å²) >= 11 is 5.96. The number of carbonyl (C=O) groups is 1. The summed E-state index contributed by atoms with van der Waals surface area (Å²) in [5.41, 5.74) is 4.30. The van der Waals surface area contributed by atoms with E-state index in [1.807, 2.05) is 26.0 Å². The van der Waals surface area contributed by atoms with Gasteiger partial charge in [-0.2, -0.15) is 0 Å². The zero-order chi connectivity index (χ0) is 13.3. The average Bonchev–Trinajstić information content (AvgIpc) is 2.26. The van der Waals surface area contributed by atoms with Crippen LogP contribution in [-0.2, 0) is 0 Å². The van der Waals surface area contributed by atoms with Gasteiger partial charge in [0.25, 0.3) is 0 Å². The highest BCUT2D eigenvalue weighted by Crippen LogP contribution is 2.26. The summed E-state index contributed by atoms with van der Waals surface area (Å²) < 4.78 is 0. The van der Waals surface area contributed by atoms with E-state index in [9.17, 15) is 4.79 Å². The van der Waals surface area contributed by atoms with Crippen LogP contribution in [-0.4, -0.2) is 11.1 Å². The number of carboxylic acids is 1. The second kappa shape index (κ2) is 4.83. The van der Waals surface area contributed by atoms with Crippen LogP contribution < -0.4 is 0 Å². The molecular formula is C15H13ClO2. The first kappa shape index (κ1) is 12.7. The third-order valence-corrected chi connectivity index (χ3v) is 2.92. The van der Waals surface area contributed by atoms with Gasteiger partial charge in [-0.15, -0.1) is 0 Å². The molecule has 0 aliphatic heterocycles. The molecule has 2 rings (SSSR count). The lowest BCUT2D eigenvalue weighted by molar-refractivity contribution is 0.0697. The van der Waals surface area contributed by atoms with Gasteiger partial charge in [0.05, 0.1) is 5.56 Å². The molecule has 2 nitrogen and oxygen atoms in total. The first-order valence-electron chi connectivity index (χ1n) is 5.58. The van der Waals surface area contributed by atoms with E-state index >= 15 is 0 Å². The monoisotopic (exact) mass is 260 g/mol. The lowest BCUT2D eigenvalue weighted by Crippen LogP contribution is -1.96. The van der Waals surface area contributed by atoms with E-state index in [1.165, 1.54) is 6.07 Å². The standard InChI is InChI=1S/C15H13ClO2/c1-9-3-10(2)5-11(4-9)12-6-13(15(17)18)8-14(16)7-12/h3-8H,1-2H3,(H,17,18). The van der Waals surface area contributed by atoms with Gasteiger partial charge in [-0.25, -0.2) is 4.79 Å². The Morgan fingerprint density at radius 2 is 1.50 bits per heavy atom. The molecule has 2 aromatic carbocycles. The van der Waals surface area contributed by atoms with Gasteiger partial charge >= 0.3 is 5.97 Å². The quantitative estimate of drug-likeness (QED) is 0.873. The Bertz CT molecular complexity index is 598. The van der Waals surface area contributed by atoms with E-state index < -0.39 is 5.97 Å². The van der Waals surface area contributed by atoms with Crippen molar-refractivity contribution in [3.8, 4) is 11.1 Å². The topological polar surface area (TPSA) is 37.3 Å². The third-order valence-electron chi connectivity index (χ3n) is 2.70. The Kier molecular flexibility index (Phi) is 3.39. The molecule has 3 heteroatoms. The lowest BCUT2D eigenvalue weighted by Gasteiger charge is -2.07. The highest BCUT2D eigenvalue weighted by Gasteiger charge is 2.08. The number of hydrogen-bond donors (Lipinski definition) is 1. The van der Waals surface area contributed by atoms with Gasteiger partial charge in [0.2, 0.25) is 0 Å². The van der Waals surface area contributed by atoms with E-state index in [2.05, 4.69) is 6.07 Å². The van der Waals surface area contributed by atoms with Crippen LogP contribution in [0.15, 0.2) is 36.4 Å². The molecule has 1 N–H and O–H groups in total. The largest absolute Gasteiger partial charge is 0.478 e. The van der Waals surface area contributed by atoms with Crippen molar-refractivity contribution in [1.82, 2.24) is 0 Å². The number of aryl methyl sites for hydroxylation is 2. The number of hydrogen-bond acceptors (Lipinski definition) is 1. The van der Waals surface area contributed by atoms with Crippen molar-refractivity contribution in [2.75, 3.05) is 0 Å². The van der Waals surface area contributed by atoms with Gasteiger partial charge < -0.3 is 5.11 Å².